The third-order valence-electron chi connectivity index (χ3n) is 8.22. The van der Waals surface area contributed by atoms with Crippen LogP contribution in [0.1, 0.15) is 52.9 Å². The van der Waals surface area contributed by atoms with Gasteiger partial charge in [0.1, 0.15) is 12.2 Å². The minimum atomic E-state index is -1.43. The predicted molar refractivity (Wildman–Crippen MR) is 98.3 cm³/mol. The van der Waals surface area contributed by atoms with E-state index in [4.69, 9.17) is 0 Å². The van der Waals surface area contributed by atoms with E-state index < -0.39 is 23.4 Å². The lowest BCUT2D eigenvalue weighted by atomic mass is 9.50. The molecule has 0 aliphatic heterocycles. The van der Waals surface area contributed by atoms with E-state index in [0.29, 0.717) is 18.8 Å². The zero-order chi connectivity index (χ0) is 18.9. The van der Waals surface area contributed by atoms with Gasteiger partial charge in [0.15, 0.2) is 11.6 Å². The molecule has 0 amide bonds. The summed E-state index contributed by atoms with van der Waals surface area (Å²) < 4.78 is 0. The van der Waals surface area contributed by atoms with E-state index in [1.807, 2.05) is 13.8 Å². The third kappa shape index (κ3) is 1.97. The molecule has 4 rings (SSSR count). The Hall–Kier alpha value is -1.52. The van der Waals surface area contributed by atoms with E-state index in [1.165, 1.54) is 11.1 Å². The number of ketones is 2. The molecule has 4 nitrogen and oxygen atoms in total. The van der Waals surface area contributed by atoms with E-state index in [-0.39, 0.29) is 17.1 Å². The van der Waals surface area contributed by atoms with Crippen LogP contribution >= 0.6 is 0 Å². The number of aliphatic hydroxyl groups is 2. The number of allylic oxidation sites excluding steroid dienone is 6. The highest BCUT2D eigenvalue weighted by molar-refractivity contribution is 6.02. The summed E-state index contributed by atoms with van der Waals surface area (Å²) in [5.74, 6) is 0.180. The molecule has 0 unspecified atom stereocenters. The minimum Gasteiger partial charge on any atom is -0.388 e. The minimum absolute atomic E-state index is 0.0819. The Balaban J connectivity index is 1.79. The number of carbonyl (C=O) groups excluding carboxylic acids is 2. The first-order valence-electron chi connectivity index (χ1n) is 9.69. The van der Waals surface area contributed by atoms with Gasteiger partial charge in [0.25, 0.3) is 0 Å². The van der Waals surface area contributed by atoms with Crippen LogP contribution in [0.2, 0.25) is 0 Å². The van der Waals surface area contributed by atoms with Crippen molar-refractivity contribution in [3.05, 3.63) is 34.9 Å². The molecule has 0 heterocycles. The summed E-state index contributed by atoms with van der Waals surface area (Å²) in [6.07, 6.45) is 9.48. The van der Waals surface area contributed by atoms with E-state index >= 15 is 0 Å². The third-order valence-corrected chi connectivity index (χ3v) is 8.22. The zero-order valence-corrected chi connectivity index (χ0v) is 15.8. The SMILES string of the molecule is CC1=CC(=O)C=C2CC[C@@H]3C(=CC[C@@]4(C)[C@H]3CC[C@]4(O)C(=O)CO)[C@@]12C. The van der Waals surface area contributed by atoms with E-state index in [2.05, 4.69) is 13.0 Å². The summed E-state index contributed by atoms with van der Waals surface area (Å²) in [6, 6.07) is 0. The second-order valence-corrected chi connectivity index (χ2v) is 9.04. The van der Waals surface area contributed by atoms with Gasteiger partial charge >= 0.3 is 0 Å². The van der Waals surface area contributed by atoms with Crippen LogP contribution in [0, 0.1) is 22.7 Å². The lowest BCUT2D eigenvalue weighted by molar-refractivity contribution is -0.155. The normalized spacial score (nSPS) is 44.3. The second kappa shape index (κ2) is 5.49. The maximum absolute atomic E-state index is 12.4. The highest BCUT2D eigenvalue weighted by atomic mass is 16.3. The van der Waals surface area contributed by atoms with Gasteiger partial charge < -0.3 is 10.2 Å². The Morgan fingerprint density at radius 2 is 2.00 bits per heavy atom. The van der Waals surface area contributed by atoms with E-state index in [0.717, 1.165) is 24.8 Å². The molecule has 140 valence electrons. The second-order valence-electron chi connectivity index (χ2n) is 9.04. The molecule has 0 saturated heterocycles. The van der Waals surface area contributed by atoms with Crippen molar-refractivity contribution >= 4 is 11.6 Å². The van der Waals surface area contributed by atoms with Crippen molar-refractivity contribution < 1.29 is 19.8 Å². The Kier molecular flexibility index (Phi) is 3.78. The molecule has 4 heteroatoms. The molecule has 0 radical (unpaired) electrons. The molecule has 0 aromatic rings. The van der Waals surface area contributed by atoms with Gasteiger partial charge in [0.05, 0.1) is 0 Å². The van der Waals surface area contributed by atoms with Crippen LogP contribution < -0.4 is 0 Å². The summed E-state index contributed by atoms with van der Waals surface area (Å²) >= 11 is 0. The van der Waals surface area contributed by atoms with Crippen molar-refractivity contribution in [3.8, 4) is 0 Å². The fourth-order valence-electron chi connectivity index (χ4n) is 6.47. The molecule has 0 spiro atoms. The molecular weight excluding hydrogens is 328 g/mol. The number of Topliss-reactive ketones (excluding diaryl/α,β-unsaturated/α-hetero) is 1. The summed E-state index contributed by atoms with van der Waals surface area (Å²) in [6.45, 7) is 5.68. The van der Waals surface area contributed by atoms with Gasteiger partial charge in [-0.1, -0.05) is 29.7 Å². The molecule has 0 aromatic carbocycles. The van der Waals surface area contributed by atoms with Gasteiger partial charge in [-0.15, -0.1) is 0 Å². The Morgan fingerprint density at radius 3 is 2.69 bits per heavy atom. The standard InChI is InChI=1S/C22H28O4/c1-13-10-15(24)11-14-4-5-16-17-7-9-22(26,19(25)12-23)20(17,2)8-6-18(16)21(13,14)3/h6,10-11,16-17,23,26H,4-5,7-9,12H2,1-3H3/t16-,17-,20-,21-,22-/m0/s1. The van der Waals surface area contributed by atoms with Crippen molar-refractivity contribution in [2.45, 2.75) is 58.5 Å². The Morgan fingerprint density at radius 1 is 1.27 bits per heavy atom. The molecule has 2 saturated carbocycles. The molecule has 0 bridgehead atoms. The van der Waals surface area contributed by atoms with Gasteiger partial charge in [-0.25, -0.2) is 0 Å². The quantitative estimate of drug-likeness (QED) is 0.746. The number of fused-ring (bicyclic) bond motifs is 5. The van der Waals surface area contributed by atoms with Gasteiger partial charge in [-0.05, 0) is 69.9 Å². The highest BCUT2D eigenvalue weighted by Gasteiger charge is 2.64. The van der Waals surface area contributed by atoms with Crippen molar-refractivity contribution in [2.75, 3.05) is 6.61 Å². The molecule has 4 aliphatic rings. The molecule has 2 N–H and O–H groups in total. The summed E-state index contributed by atoms with van der Waals surface area (Å²) in [5.41, 5.74) is 1.49. The van der Waals surface area contributed by atoms with Crippen LogP contribution in [-0.2, 0) is 9.59 Å². The Labute approximate surface area is 154 Å². The number of hydrogen-bond acceptors (Lipinski definition) is 4. The van der Waals surface area contributed by atoms with E-state index in [1.54, 1.807) is 12.2 Å². The number of carbonyl (C=O) groups is 2. The van der Waals surface area contributed by atoms with E-state index in [9.17, 15) is 19.8 Å². The zero-order valence-electron chi connectivity index (χ0n) is 15.8. The fraction of sp³-hybridized carbons (Fsp3) is 0.636. The first kappa shape index (κ1) is 17.9. The number of hydrogen-bond donors (Lipinski definition) is 2. The predicted octanol–water partition coefficient (Wildman–Crippen LogP) is 2.90. The number of rotatable bonds is 2. The van der Waals surface area contributed by atoms with Gasteiger partial charge in [0.2, 0.25) is 0 Å². The van der Waals surface area contributed by atoms with Gasteiger partial charge in [-0.3, -0.25) is 9.59 Å². The molecule has 2 fully saturated rings. The molecule has 0 aromatic heterocycles. The maximum atomic E-state index is 12.4. The van der Waals surface area contributed by atoms with Crippen molar-refractivity contribution in [1.29, 1.82) is 0 Å². The van der Waals surface area contributed by atoms with Crippen molar-refractivity contribution in [3.63, 3.8) is 0 Å². The lowest BCUT2D eigenvalue weighted by Crippen LogP contribution is -2.55. The van der Waals surface area contributed by atoms with Crippen LogP contribution in [0.15, 0.2) is 34.9 Å². The highest BCUT2D eigenvalue weighted by Crippen LogP contribution is 2.65. The number of aliphatic hydroxyl groups excluding tert-OH is 1. The maximum Gasteiger partial charge on any atom is 0.190 e. The van der Waals surface area contributed by atoms with Gasteiger partial charge in [0, 0.05) is 10.8 Å². The van der Waals surface area contributed by atoms with Crippen LogP contribution in [-0.4, -0.2) is 34.0 Å². The first-order valence-corrected chi connectivity index (χ1v) is 9.69. The Bertz CT molecular complexity index is 788. The van der Waals surface area contributed by atoms with Crippen LogP contribution in [0.3, 0.4) is 0 Å². The average molecular weight is 356 g/mol. The van der Waals surface area contributed by atoms with Gasteiger partial charge in [-0.2, -0.15) is 0 Å². The topological polar surface area (TPSA) is 74.6 Å². The fourth-order valence-corrected chi connectivity index (χ4v) is 6.47. The smallest absolute Gasteiger partial charge is 0.190 e. The summed E-state index contributed by atoms with van der Waals surface area (Å²) in [5, 5.41) is 20.6. The molecule has 5 atom stereocenters. The largest absolute Gasteiger partial charge is 0.388 e. The lowest BCUT2D eigenvalue weighted by Gasteiger charge is -2.54. The molecular formula is C22H28O4. The monoisotopic (exact) mass is 356 g/mol. The van der Waals surface area contributed by atoms with Crippen molar-refractivity contribution in [2.24, 2.45) is 22.7 Å². The average Bonchev–Trinajstić information content (AvgIpc) is 2.88. The van der Waals surface area contributed by atoms with Crippen molar-refractivity contribution in [1.82, 2.24) is 0 Å². The molecule has 4 aliphatic carbocycles. The summed E-state index contributed by atoms with van der Waals surface area (Å²) in [4.78, 5) is 24.3. The van der Waals surface area contributed by atoms with Crippen LogP contribution in [0.4, 0.5) is 0 Å². The van der Waals surface area contributed by atoms with Crippen LogP contribution in [0.5, 0.6) is 0 Å². The molecule has 26 heavy (non-hydrogen) atoms. The first-order chi connectivity index (χ1) is 12.2. The summed E-state index contributed by atoms with van der Waals surface area (Å²) in [7, 11) is 0. The van der Waals surface area contributed by atoms with Crippen LogP contribution in [0.25, 0.3) is 0 Å².